The first kappa shape index (κ1) is 34.0. The molecule has 0 aromatic heterocycles. The third-order valence-corrected chi connectivity index (χ3v) is 9.79. The largest absolute Gasteiger partial charge is 0.635 e. The lowest BCUT2D eigenvalue weighted by atomic mass is 9.76. The first-order chi connectivity index (χ1) is 24.7. The fraction of sp³-hybridized carbons (Fsp3) is 0.106. The van der Waals surface area contributed by atoms with Gasteiger partial charge in [-0.1, -0.05) is 180 Å². The van der Waals surface area contributed by atoms with E-state index in [1.807, 2.05) is 24.3 Å². The van der Waals surface area contributed by atoms with Crippen molar-refractivity contribution in [3.63, 3.8) is 0 Å². The van der Waals surface area contributed by atoms with Crippen molar-refractivity contribution in [1.29, 1.82) is 0 Å². The molecule has 0 amide bonds. The van der Waals surface area contributed by atoms with Gasteiger partial charge in [0.15, 0.2) is 0 Å². The maximum Gasteiger partial charge on any atom is 0.635 e. The van der Waals surface area contributed by atoms with Crippen LogP contribution in [0.25, 0.3) is 44.5 Å². The SMILES string of the molecule is Cc1ccc(-c2ccc(C(OB(O)O)(c3ccc(-c4ccc(C)cc4)cc3)c3ccc(-c4ccc(C)cc4)c(-c4ccc(C)cc4)c3)cc2)cc1. The molecular formula is C47H41BO3. The smallest absolute Gasteiger partial charge is 0.402 e. The molecule has 0 aliphatic rings. The Morgan fingerprint density at radius 1 is 0.353 bits per heavy atom. The minimum absolute atomic E-state index is 0.771. The van der Waals surface area contributed by atoms with E-state index in [1.54, 1.807) is 0 Å². The number of benzene rings is 7. The van der Waals surface area contributed by atoms with Gasteiger partial charge in [-0.25, -0.2) is 0 Å². The van der Waals surface area contributed by atoms with Crippen LogP contribution in [-0.4, -0.2) is 17.4 Å². The molecule has 7 aromatic carbocycles. The zero-order valence-electron chi connectivity index (χ0n) is 29.5. The molecule has 2 N–H and O–H groups in total. The maximum absolute atomic E-state index is 10.7. The van der Waals surface area contributed by atoms with Crippen molar-refractivity contribution in [2.24, 2.45) is 0 Å². The molecule has 0 aliphatic heterocycles. The summed E-state index contributed by atoms with van der Waals surface area (Å²) in [6.45, 7) is 8.34. The summed E-state index contributed by atoms with van der Waals surface area (Å²) < 4.78 is 6.40. The Morgan fingerprint density at radius 3 is 1.00 bits per heavy atom. The summed E-state index contributed by atoms with van der Waals surface area (Å²) in [5.74, 6) is 0. The molecule has 250 valence electrons. The molecule has 0 unspecified atom stereocenters. The van der Waals surface area contributed by atoms with Crippen molar-refractivity contribution in [3.8, 4) is 44.5 Å². The van der Waals surface area contributed by atoms with Crippen LogP contribution in [0.1, 0.15) is 38.9 Å². The van der Waals surface area contributed by atoms with E-state index in [-0.39, 0.29) is 0 Å². The lowest BCUT2D eigenvalue weighted by molar-refractivity contribution is 0.0816. The number of aryl methyl sites for hydroxylation is 4. The van der Waals surface area contributed by atoms with Crippen LogP contribution in [0.15, 0.2) is 164 Å². The van der Waals surface area contributed by atoms with Crippen molar-refractivity contribution in [2.75, 3.05) is 0 Å². The van der Waals surface area contributed by atoms with Crippen molar-refractivity contribution in [1.82, 2.24) is 0 Å². The zero-order valence-corrected chi connectivity index (χ0v) is 29.5. The van der Waals surface area contributed by atoms with Gasteiger partial charge in [-0.15, -0.1) is 0 Å². The highest BCUT2D eigenvalue weighted by Gasteiger charge is 2.41. The second kappa shape index (κ2) is 14.4. The van der Waals surface area contributed by atoms with Crippen LogP contribution in [0, 0.1) is 27.7 Å². The van der Waals surface area contributed by atoms with Gasteiger partial charge >= 0.3 is 7.32 Å². The van der Waals surface area contributed by atoms with E-state index in [4.69, 9.17) is 4.65 Å². The fourth-order valence-corrected chi connectivity index (χ4v) is 6.87. The zero-order chi connectivity index (χ0) is 35.5. The predicted octanol–water partition coefficient (Wildman–Crippen LogP) is 10.9. The summed E-state index contributed by atoms with van der Waals surface area (Å²) in [6, 6.07) is 56.7. The average molecular weight is 665 g/mol. The summed E-state index contributed by atoms with van der Waals surface area (Å²) in [5.41, 5.74) is 14.3. The molecule has 7 rings (SSSR count). The van der Waals surface area contributed by atoms with Gasteiger partial charge in [0.05, 0.1) is 0 Å². The van der Waals surface area contributed by atoms with Gasteiger partial charge in [-0.3, -0.25) is 0 Å². The van der Waals surface area contributed by atoms with Crippen LogP contribution >= 0.6 is 0 Å². The maximum atomic E-state index is 10.7. The van der Waals surface area contributed by atoms with Crippen LogP contribution in [-0.2, 0) is 10.3 Å². The standard InChI is InChI=1S/C47H41BO3/c1-32-5-13-36(14-6-32)38-21-25-42(26-22-38)47(51-48(49)50,43-27-23-39(24-28-43)37-15-7-33(2)8-16-37)44-29-30-45(40-17-9-34(3)10-18-40)46(31-44)41-19-11-35(4)12-20-41/h5-31,49-50H,1-4H3. The molecule has 0 bridgehead atoms. The minimum Gasteiger partial charge on any atom is -0.402 e. The van der Waals surface area contributed by atoms with E-state index in [2.05, 4.69) is 167 Å². The van der Waals surface area contributed by atoms with Gasteiger partial charge in [0.25, 0.3) is 0 Å². The van der Waals surface area contributed by atoms with Gasteiger partial charge < -0.3 is 14.7 Å². The highest BCUT2D eigenvalue weighted by atomic mass is 16.6. The summed E-state index contributed by atoms with van der Waals surface area (Å²) in [6.07, 6.45) is 0. The van der Waals surface area contributed by atoms with Gasteiger partial charge in [-0.05, 0) is 95.0 Å². The average Bonchev–Trinajstić information content (AvgIpc) is 3.15. The molecule has 51 heavy (non-hydrogen) atoms. The number of rotatable bonds is 9. The Morgan fingerprint density at radius 2 is 0.647 bits per heavy atom. The number of hydrogen-bond donors (Lipinski definition) is 2. The van der Waals surface area contributed by atoms with Gasteiger partial charge in [0.2, 0.25) is 0 Å². The molecule has 3 nitrogen and oxygen atoms in total. The second-order valence-electron chi connectivity index (χ2n) is 13.5. The van der Waals surface area contributed by atoms with Crippen molar-refractivity contribution in [3.05, 3.63) is 203 Å². The molecule has 0 aliphatic carbocycles. The van der Waals surface area contributed by atoms with E-state index in [9.17, 15) is 10.0 Å². The third-order valence-electron chi connectivity index (χ3n) is 9.79. The highest BCUT2D eigenvalue weighted by Crippen LogP contribution is 2.45. The second-order valence-corrected chi connectivity index (χ2v) is 13.5. The van der Waals surface area contributed by atoms with E-state index in [1.165, 1.54) is 22.3 Å². The Bertz CT molecular complexity index is 2150. The van der Waals surface area contributed by atoms with E-state index >= 15 is 0 Å². The first-order valence-electron chi connectivity index (χ1n) is 17.4. The first-order valence-corrected chi connectivity index (χ1v) is 17.4. The molecule has 0 fully saturated rings. The molecule has 0 saturated heterocycles. The van der Waals surface area contributed by atoms with Gasteiger partial charge in [0.1, 0.15) is 5.60 Å². The highest BCUT2D eigenvalue weighted by molar-refractivity contribution is 6.33. The van der Waals surface area contributed by atoms with E-state index in [0.29, 0.717) is 0 Å². The van der Waals surface area contributed by atoms with Crippen molar-refractivity contribution in [2.45, 2.75) is 33.3 Å². The lowest BCUT2D eigenvalue weighted by Gasteiger charge is -2.37. The van der Waals surface area contributed by atoms with Gasteiger partial charge in [-0.2, -0.15) is 0 Å². The summed E-state index contributed by atoms with van der Waals surface area (Å²) in [5, 5.41) is 21.4. The third kappa shape index (κ3) is 7.08. The molecule has 7 aromatic rings. The lowest BCUT2D eigenvalue weighted by Crippen LogP contribution is -2.39. The van der Waals surface area contributed by atoms with E-state index in [0.717, 1.165) is 61.2 Å². The molecular weight excluding hydrogens is 623 g/mol. The van der Waals surface area contributed by atoms with Crippen LogP contribution < -0.4 is 0 Å². The molecule has 0 heterocycles. The predicted molar refractivity (Wildman–Crippen MR) is 211 cm³/mol. The van der Waals surface area contributed by atoms with Gasteiger partial charge in [0, 0.05) is 0 Å². The number of hydrogen-bond acceptors (Lipinski definition) is 3. The quantitative estimate of drug-likeness (QED) is 0.119. The molecule has 4 heteroatoms. The monoisotopic (exact) mass is 664 g/mol. The topological polar surface area (TPSA) is 49.7 Å². The normalized spacial score (nSPS) is 11.4. The molecule has 0 spiro atoms. The summed E-state index contributed by atoms with van der Waals surface area (Å²) >= 11 is 0. The molecule has 0 saturated carbocycles. The van der Waals surface area contributed by atoms with Crippen LogP contribution in [0.4, 0.5) is 0 Å². The fourth-order valence-electron chi connectivity index (χ4n) is 6.87. The Labute approximate surface area is 301 Å². The van der Waals surface area contributed by atoms with Crippen molar-refractivity contribution < 1.29 is 14.7 Å². The Balaban J connectivity index is 1.46. The molecule has 0 radical (unpaired) electrons. The van der Waals surface area contributed by atoms with Crippen molar-refractivity contribution >= 4 is 7.32 Å². The van der Waals surface area contributed by atoms with Crippen LogP contribution in [0.2, 0.25) is 0 Å². The van der Waals surface area contributed by atoms with E-state index < -0.39 is 12.9 Å². The Hall–Kier alpha value is -5.52. The minimum atomic E-state index is -2.06. The van der Waals surface area contributed by atoms with Crippen LogP contribution in [0.3, 0.4) is 0 Å². The van der Waals surface area contributed by atoms with Crippen LogP contribution in [0.5, 0.6) is 0 Å². The summed E-state index contributed by atoms with van der Waals surface area (Å²) in [7, 11) is -2.06. The molecule has 0 atom stereocenters. The Kier molecular flexibility index (Phi) is 9.57. The summed E-state index contributed by atoms with van der Waals surface area (Å²) in [4.78, 5) is 0.